The van der Waals surface area contributed by atoms with E-state index in [1.54, 1.807) is 0 Å². The number of amides is 2. The Hall–Kier alpha value is -2.15. The Morgan fingerprint density at radius 3 is 2.79 bits per heavy atom. The van der Waals surface area contributed by atoms with Gasteiger partial charge in [-0.1, -0.05) is 11.6 Å². The van der Waals surface area contributed by atoms with Gasteiger partial charge in [0.25, 0.3) is 0 Å². The second-order valence-electron chi connectivity index (χ2n) is 5.89. The number of likely N-dealkylation sites (tertiary alicyclic amines) is 1. The topological polar surface area (TPSA) is 73.8 Å². The maximum absolute atomic E-state index is 13.2. The number of rotatable bonds is 2. The van der Waals surface area contributed by atoms with Crippen LogP contribution in [0.15, 0.2) is 23.2 Å². The van der Waals surface area contributed by atoms with Gasteiger partial charge in [-0.15, -0.1) is 0 Å². The fourth-order valence-corrected chi connectivity index (χ4v) is 2.97. The number of carbonyl (C=O) groups excluding carboxylic acids is 2. The summed E-state index contributed by atoms with van der Waals surface area (Å²) in [6, 6.07) is 3.11. The van der Waals surface area contributed by atoms with Crippen molar-refractivity contribution in [2.75, 3.05) is 18.4 Å². The molecule has 0 bridgehead atoms. The lowest BCUT2D eigenvalue weighted by atomic mass is 10.1. The molecule has 24 heavy (non-hydrogen) atoms. The van der Waals surface area contributed by atoms with Crippen molar-refractivity contribution in [3.05, 3.63) is 29.0 Å². The Morgan fingerprint density at radius 2 is 2.08 bits per heavy atom. The summed E-state index contributed by atoms with van der Waals surface area (Å²) in [5, 5.41) is 5.29. The first-order chi connectivity index (χ1) is 11.5. The highest BCUT2D eigenvalue weighted by Gasteiger charge is 2.29. The van der Waals surface area contributed by atoms with Gasteiger partial charge in [-0.3, -0.25) is 14.9 Å². The van der Waals surface area contributed by atoms with Gasteiger partial charge >= 0.3 is 0 Å². The number of hydrogen-bond acceptors (Lipinski definition) is 4. The van der Waals surface area contributed by atoms with Crippen LogP contribution in [-0.4, -0.2) is 41.8 Å². The summed E-state index contributed by atoms with van der Waals surface area (Å²) in [5.41, 5.74) is 0.368. The summed E-state index contributed by atoms with van der Waals surface area (Å²) < 4.78 is 13.2. The molecule has 1 atom stereocenters. The van der Waals surface area contributed by atoms with Gasteiger partial charge in [-0.2, -0.15) is 0 Å². The van der Waals surface area contributed by atoms with E-state index in [0.717, 1.165) is 32.4 Å². The molecule has 6 nitrogen and oxygen atoms in total. The first-order valence-electron chi connectivity index (χ1n) is 7.91. The molecule has 2 aliphatic rings. The molecule has 1 saturated heterocycles. The van der Waals surface area contributed by atoms with E-state index in [-0.39, 0.29) is 17.4 Å². The lowest BCUT2D eigenvalue weighted by molar-refractivity contribution is -0.125. The smallest absolute Gasteiger partial charge is 0.249 e. The highest BCUT2D eigenvalue weighted by atomic mass is 35.5. The first kappa shape index (κ1) is 16.7. The van der Waals surface area contributed by atoms with Crippen LogP contribution in [0.3, 0.4) is 0 Å². The average molecular weight is 353 g/mol. The van der Waals surface area contributed by atoms with Crippen LogP contribution in [0.1, 0.15) is 25.7 Å². The molecule has 3 rings (SSSR count). The van der Waals surface area contributed by atoms with Crippen molar-refractivity contribution in [3.63, 3.8) is 0 Å². The second kappa shape index (κ2) is 7.17. The standard InChI is InChI=1S/C16H18ClFN4O2/c17-11-8-10(4-5-12(11)18)19-15(24)13-9-14(23)21-16(20-13)22-6-2-1-3-7-22/h4-5,8,13H,1-3,6-7,9H2,(H,19,24)(H,20,21,23)/t13-/m1/s1. The molecule has 0 aromatic heterocycles. The number of benzene rings is 1. The average Bonchev–Trinajstić information content (AvgIpc) is 2.58. The third kappa shape index (κ3) is 3.84. The van der Waals surface area contributed by atoms with Gasteiger partial charge < -0.3 is 10.2 Å². The summed E-state index contributed by atoms with van der Waals surface area (Å²) in [6.45, 7) is 1.64. The molecule has 1 aromatic rings. The molecule has 8 heteroatoms. The van der Waals surface area contributed by atoms with Crippen molar-refractivity contribution in [2.45, 2.75) is 31.7 Å². The molecule has 128 valence electrons. The van der Waals surface area contributed by atoms with Gasteiger partial charge in [0.1, 0.15) is 11.9 Å². The molecule has 2 N–H and O–H groups in total. The van der Waals surface area contributed by atoms with E-state index in [1.807, 2.05) is 4.90 Å². The number of carbonyl (C=O) groups is 2. The third-order valence-corrected chi connectivity index (χ3v) is 4.34. The number of nitrogens with one attached hydrogen (secondary N) is 2. The highest BCUT2D eigenvalue weighted by Crippen LogP contribution is 2.20. The maximum atomic E-state index is 13.2. The molecule has 0 spiro atoms. The van der Waals surface area contributed by atoms with Crippen molar-refractivity contribution in [2.24, 2.45) is 4.99 Å². The minimum atomic E-state index is -0.806. The predicted molar refractivity (Wildman–Crippen MR) is 89.4 cm³/mol. The number of nitrogens with zero attached hydrogens (tertiary/aromatic N) is 2. The number of anilines is 1. The molecular weight excluding hydrogens is 335 g/mol. The first-order valence-corrected chi connectivity index (χ1v) is 8.29. The van der Waals surface area contributed by atoms with Crippen LogP contribution in [-0.2, 0) is 9.59 Å². The van der Waals surface area contributed by atoms with Crippen molar-refractivity contribution < 1.29 is 14.0 Å². The van der Waals surface area contributed by atoms with Gasteiger partial charge in [0.15, 0.2) is 0 Å². The number of halogens is 2. The monoisotopic (exact) mass is 352 g/mol. The number of hydrogen-bond donors (Lipinski definition) is 2. The van der Waals surface area contributed by atoms with Crippen LogP contribution in [0, 0.1) is 5.82 Å². The Kier molecular flexibility index (Phi) is 4.99. The Labute approximate surface area is 144 Å². The molecule has 2 amide bonds. The van der Waals surface area contributed by atoms with Crippen molar-refractivity contribution in [3.8, 4) is 0 Å². The van der Waals surface area contributed by atoms with Crippen molar-refractivity contribution in [1.82, 2.24) is 10.2 Å². The summed E-state index contributed by atoms with van der Waals surface area (Å²) in [7, 11) is 0. The van der Waals surface area contributed by atoms with Crippen molar-refractivity contribution in [1.29, 1.82) is 0 Å². The molecule has 0 radical (unpaired) electrons. The van der Waals surface area contributed by atoms with Gasteiger partial charge in [-0.25, -0.2) is 9.38 Å². The van der Waals surface area contributed by atoms with E-state index >= 15 is 0 Å². The van der Waals surface area contributed by atoms with Crippen LogP contribution in [0.2, 0.25) is 5.02 Å². The van der Waals surface area contributed by atoms with E-state index < -0.39 is 17.8 Å². The molecule has 1 fully saturated rings. The Morgan fingerprint density at radius 1 is 1.33 bits per heavy atom. The SMILES string of the molecule is O=C1C[C@H](C(=O)Nc2ccc(F)c(Cl)c2)N=C(N2CCCCC2)N1. The predicted octanol–water partition coefficient (Wildman–Crippen LogP) is 2.15. The zero-order valence-corrected chi connectivity index (χ0v) is 13.8. The fraction of sp³-hybridized carbons (Fsp3) is 0.438. The highest BCUT2D eigenvalue weighted by molar-refractivity contribution is 6.31. The van der Waals surface area contributed by atoms with Gasteiger partial charge in [0.05, 0.1) is 11.4 Å². The lowest BCUT2D eigenvalue weighted by Crippen LogP contribution is -2.51. The normalized spacial score (nSPS) is 21.1. The summed E-state index contributed by atoms with van der Waals surface area (Å²) >= 11 is 5.71. The van der Waals surface area contributed by atoms with E-state index in [2.05, 4.69) is 15.6 Å². The molecule has 2 heterocycles. The van der Waals surface area contributed by atoms with E-state index in [0.29, 0.717) is 11.6 Å². The Balaban J connectivity index is 1.72. The molecule has 0 unspecified atom stereocenters. The molecule has 0 saturated carbocycles. The van der Waals surface area contributed by atoms with Gasteiger partial charge in [0, 0.05) is 18.8 Å². The van der Waals surface area contributed by atoms with Crippen LogP contribution < -0.4 is 10.6 Å². The maximum Gasteiger partial charge on any atom is 0.249 e. The minimum absolute atomic E-state index is 0.0158. The number of aliphatic imine (C=N–C) groups is 1. The van der Waals surface area contributed by atoms with E-state index in [1.165, 1.54) is 18.2 Å². The number of guanidine groups is 1. The summed E-state index contributed by atoms with van der Waals surface area (Å²) in [6.07, 6.45) is 3.23. The van der Waals surface area contributed by atoms with E-state index in [9.17, 15) is 14.0 Å². The fourth-order valence-electron chi connectivity index (χ4n) is 2.79. The largest absolute Gasteiger partial charge is 0.343 e. The van der Waals surface area contributed by atoms with Crippen LogP contribution in [0.4, 0.5) is 10.1 Å². The lowest BCUT2D eigenvalue weighted by Gasteiger charge is -2.32. The number of piperidine rings is 1. The summed E-state index contributed by atoms with van der Waals surface area (Å²) in [5.74, 6) is -0.745. The van der Waals surface area contributed by atoms with Gasteiger partial charge in [0.2, 0.25) is 17.8 Å². The molecule has 0 aliphatic carbocycles. The molecule has 2 aliphatic heterocycles. The minimum Gasteiger partial charge on any atom is -0.343 e. The Bertz CT molecular complexity index is 689. The molecular formula is C16H18ClFN4O2. The summed E-state index contributed by atoms with van der Waals surface area (Å²) in [4.78, 5) is 30.7. The molecule has 1 aromatic carbocycles. The van der Waals surface area contributed by atoms with E-state index in [4.69, 9.17) is 11.6 Å². The quantitative estimate of drug-likeness (QED) is 0.856. The van der Waals surface area contributed by atoms with Crippen LogP contribution in [0.5, 0.6) is 0 Å². The van der Waals surface area contributed by atoms with Gasteiger partial charge in [-0.05, 0) is 37.5 Å². The zero-order chi connectivity index (χ0) is 17.1. The van der Waals surface area contributed by atoms with Crippen LogP contribution in [0.25, 0.3) is 0 Å². The van der Waals surface area contributed by atoms with Crippen molar-refractivity contribution >= 4 is 35.1 Å². The third-order valence-electron chi connectivity index (χ3n) is 4.05. The second-order valence-corrected chi connectivity index (χ2v) is 6.29. The zero-order valence-electron chi connectivity index (χ0n) is 13.0. The van der Waals surface area contributed by atoms with Crippen LogP contribution >= 0.6 is 11.6 Å².